The van der Waals surface area contributed by atoms with Gasteiger partial charge < -0.3 is 15.0 Å². The van der Waals surface area contributed by atoms with Crippen molar-refractivity contribution in [3.63, 3.8) is 0 Å². The molecule has 2 amide bonds. The van der Waals surface area contributed by atoms with Crippen molar-refractivity contribution in [3.8, 4) is 5.75 Å². The summed E-state index contributed by atoms with van der Waals surface area (Å²) >= 11 is 3.44. The standard InChI is InChI=1S/C30H36BrN3O5S/c1-4-32-30(36)27(21-23-11-6-5-7-12-23)33(22-24-16-18-25(31)19-17-24)29(35)15-10-20-34(40(3,37)38)26-13-8-9-14-28(26)39-2/h5-9,11-14,16-19,27H,4,10,15,20-22H2,1-3H3,(H,32,36). The molecular weight excluding hydrogens is 594 g/mol. The van der Waals surface area contributed by atoms with E-state index in [9.17, 15) is 18.0 Å². The first-order valence-electron chi connectivity index (χ1n) is 13.1. The predicted molar refractivity (Wildman–Crippen MR) is 162 cm³/mol. The molecule has 0 aliphatic rings. The van der Waals surface area contributed by atoms with E-state index in [1.807, 2.05) is 61.5 Å². The van der Waals surface area contributed by atoms with Gasteiger partial charge in [0.2, 0.25) is 21.8 Å². The van der Waals surface area contributed by atoms with E-state index in [0.29, 0.717) is 24.4 Å². The van der Waals surface area contributed by atoms with Gasteiger partial charge in [-0.1, -0.05) is 70.5 Å². The minimum Gasteiger partial charge on any atom is -0.495 e. The van der Waals surface area contributed by atoms with Crippen LogP contribution in [0.2, 0.25) is 0 Å². The van der Waals surface area contributed by atoms with Crippen LogP contribution in [0.5, 0.6) is 5.75 Å². The van der Waals surface area contributed by atoms with E-state index in [1.54, 1.807) is 29.2 Å². The summed E-state index contributed by atoms with van der Waals surface area (Å²) < 4.78 is 32.9. The van der Waals surface area contributed by atoms with Gasteiger partial charge in [0.05, 0.1) is 19.1 Å². The minimum atomic E-state index is -3.64. The number of nitrogens with one attached hydrogen (secondary N) is 1. The maximum atomic E-state index is 13.8. The molecule has 0 aliphatic heterocycles. The number of benzene rings is 3. The zero-order valence-electron chi connectivity index (χ0n) is 23.0. The van der Waals surface area contributed by atoms with E-state index in [1.165, 1.54) is 11.4 Å². The maximum absolute atomic E-state index is 13.8. The van der Waals surface area contributed by atoms with E-state index < -0.39 is 16.1 Å². The first-order chi connectivity index (χ1) is 19.1. The average molecular weight is 631 g/mol. The topological polar surface area (TPSA) is 96.0 Å². The summed E-state index contributed by atoms with van der Waals surface area (Å²) in [5, 5.41) is 2.88. The van der Waals surface area contributed by atoms with E-state index in [0.717, 1.165) is 21.9 Å². The highest BCUT2D eigenvalue weighted by Crippen LogP contribution is 2.30. The summed E-state index contributed by atoms with van der Waals surface area (Å²) in [6.07, 6.45) is 1.80. The fourth-order valence-electron chi connectivity index (χ4n) is 4.45. The Hall–Kier alpha value is -3.37. The number of methoxy groups -OCH3 is 1. The number of hydrogen-bond acceptors (Lipinski definition) is 5. The normalized spacial score (nSPS) is 11.9. The van der Waals surface area contributed by atoms with Crippen LogP contribution in [0, 0.1) is 0 Å². The molecule has 0 aromatic heterocycles. The molecule has 0 radical (unpaired) electrons. The number of hydrogen-bond donors (Lipinski definition) is 1. The Morgan fingerprint density at radius 1 is 0.950 bits per heavy atom. The summed E-state index contributed by atoms with van der Waals surface area (Å²) in [5.41, 5.74) is 2.23. The van der Waals surface area contributed by atoms with Crippen LogP contribution in [0.25, 0.3) is 0 Å². The molecule has 0 aliphatic carbocycles. The Bertz CT molecular complexity index is 1370. The molecule has 0 bridgehead atoms. The molecule has 8 nitrogen and oxygen atoms in total. The van der Waals surface area contributed by atoms with E-state index in [-0.39, 0.29) is 37.7 Å². The summed E-state index contributed by atoms with van der Waals surface area (Å²) in [5.74, 6) is -0.0394. The molecule has 3 rings (SSSR count). The van der Waals surface area contributed by atoms with Gasteiger partial charge >= 0.3 is 0 Å². The number of amides is 2. The molecular formula is C30H36BrN3O5S. The Morgan fingerprint density at radius 3 is 2.23 bits per heavy atom. The van der Waals surface area contributed by atoms with Gasteiger partial charge in [0.15, 0.2) is 0 Å². The number of likely N-dealkylation sites (N-methyl/N-ethyl adjacent to an activating group) is 1. The van der Waals surface area contributed by atoms with Crippen molar-refractivity contribution < 1.29 is 22.7 Å². The van der Waals surface area contributed by atoms with Gasteiger partial charge in [-0.05, 0) is 48.7 Å². The van der Waals surface area contributed by atoms with E-state index >= 15 is 0 Å². The highest BCUT2D eigenvalue weighted by molar-refractivity contribution is 9.10. The molecule has 0 fully saturated rings. The van der Waals surface area contributed by atoms with Crippen molar-refractivity contribution >= 4 is 43.5 Å². The highest BCUT2D eigenvalue weighted by atomic mass is 79.9. The summed E-state index contributed by atoms with van der Waals surface area (Å²) in [6.45, 7) is 2.60. The zero-order chi connectivity index (χ0) is 29.1. The average Bonchev–Trinajstić information content (AvgIpc) is 2.94. The van der Waals surface area contributed by atoms with Crippen LogP contribution in [-0.4, -0.2) is 57.6 Å². The van der Waals surface area contributed by atoms with Crippen LogP contribution in [0.15, 0.2) is 83.3 Å². The van der Waals surface area contributed by atoms with Crippen LogP contribution in [0.4, 0.5) is 5.69 Å². The molecule has 10 heteroatoms. The van der Waals surface area contributed by atoms with Crippen LogP contribution in [0.1, 0.15) is 30.9 Å². The number of sulfonamides is 1. The second-order valence-electron chi connectivity index (χ2n) is 9.36. The van der Waals surface area contributed by atoms with Gasteiger partial charge in [0, 0.05) is 36.9 Å². The number of para-hydroxylation sites is 2. The first kappa shape index (κ1) is 31.2. The molecule has 0 saturated carbocycles. The van der Waals surface area contributed by atoms with Gasteiger partial charge in [-0.15, -0.1) is 0 Å². The number of halogens is 1. The SMILES string of the molecule is CCNC(=O)C(Cc1ccccc1)N(Cc1ccc(Br)cc1)C(=O)CCCN(c1ccccc1OC)S(C)(=O)=O. The number of carbonyl (C=O) groups excluding carboxylic acids is 2. The molecule has 0 spiro atoms. The van der Waals surface area contributed by atoms with Crippen molar-refractivity contribution in [1.82, 2.24) is 10.2 Å². The third-order valence-corrected chi connectivity index (χ3v) is 8.10. The second kappa shape index (κ2) is 14.9. The molecule has 40 heavy (non-hydrogen) atoms. The van der Waals surface area contributed by atoms with Gasteiger partial charge in [-0.3, -0.25) is 13.9 Å². The van der Waals surface area contributed by atoms with Crippen molar-refractivity contribution in [2.75, 3.05) is 30.8 Å². The lowest BCUT2D eigenvalue weighted by atomic mass is 10.0. The van der Waals surface area contributed by atoms with Crippen LogP contribution >= 0.6 is 15.9 Å². The molecule has 0 saturated heterocycles. The van der Waals surface area contributed by atoms with Crippen molar-refractivity contribution in [2.24, 2.45) is 0 Å². The Labute approximate surface area is 245 Å². The lowest BCUT2D eigenvalue weighted by molar-refractivity contribution is -0.141. The molecule has 1 atom stereocenters. The highest BCUT2D eigenvalue weighted by Gasteiger charge is 2.30. The molecule has 0 heterocycles. The quantitative estimate of drug-likeness (QED) is 0.277. The number of carbonyl (C=O) groups is 2. The smallest absolute Gasteiger partial charge is 0.243 e. The Balaban J connectivity index is 1.87. The van der Waals surface area contributed by atoms with Crippen molar-refractivity contribution in [1.29, 1.82) is 0 Å². The first-order valence-corrected chi connectivity index (χ1v) is 15.7. The minimum absolute atomic E-state index is 0.0579. The molecule has 3 aromatic rings. The molecule has 214 valence electrons. The predicted octanol–water partition coefficient (Wildman–Crippen LogP) is 4.78. The fraction of sp³-hybridized carbons (Fsp3) is 0.333. The monoisotopic (exact) mass is 629 g/mol. The third-order valence-electron chi connectivity index (χ3n) is 6.39. The lowest BCUT2D eigenvalue weighted by Crippen LogP contribution is -2.50. The largest absolute Gasteiger partial charge is 0.495 e. The van der Waals surface area contributed by atoms with E-state index in [4.69, 9.17) is 4.74 Å². The van der Waals surface area contributed by atoms with E-state index in [2.05, 4.69) is 21.2 Å². The summed E-state index contributed by atoms with van der Waals surface area (Å²) in [7, 11) is -2.16. The third kappa shape index (κ3) is 8.82. The van der Waals surface area contributed by atoms with Gasteiger partial charge in [-0.2, -0.15) is 0 Å². The summed E-state index contributed by atoms with van der Waals surface area (Å²) in [4.78, 5) is 28.7. The van der Waals surface area contributed by atoms with Crippen molar-refractivity contribution in [3.05, 3.63) is 94.5 Å². The fourth-order valence-corrected chi connectivity index (χ4v) is 5.68. The van der Waals surface area contributed by atoms with Crippen LogP contribution < -0.4 is 14.4 Å². The number of ether oxygens (including phenoxy) is 1. The van der Waals surface area contributed by atoms with Crippen LogP contribution in [0.3, 0.4) is 0 Å². The van der Waals surface area contributed by atoms with Gasteiger partial charge in [0.25, 0.3) is 0 Å². The maximum Gasteiger partial charge on any atom is 0.243 e. The van der Waals surface area contributed by atoms with Crippen molar-refractivity contribution in [2.45, 2.75) is 38.8 Å². The number of rotatable bonds is 14. The lowest BCUT2D eigenvalue weighted by Gasteiger charge is -2.32. The molecule has 1 N–H and O–H groups in total. The molecule has 1 unspecified atom stereocenters. The number of anilines is 1. The molecule has 3 aromatic carbocycles. The summed E-state index contributed by atoms with van der Waals surface area (Å²) in [6, 6.07) is 23.3. The Morgan fingerprint density at radius 2 is 1.60 bits per heavy atom. The van der Waals surface area contributed by atoms with Crippen LogP contribution in [-0.2, 0) is 32.6 Å². The van der Waals surface area contributed by atoms with Gasteiger partial charge in [0.1, 0.15) is 11.8 Å². The zero-order valence-corrected chi connectivity index (χ0v) is 25.4. The number of nitrogens with zero attached hydrogens (tertiary/aromatic N) is 2. The second-order valence-corrected chi connectivity index (χ2v) is 12.2. The van der Waals surface area contributed by atoms with Gasteiger partial charge in [-0.25, -0.2) is 8.42 Å². The Kier molecular flexibility index (Phi) is 11.6.